The molecule has 2 rings (SSSR count). The maximum atomic E-state index is 9.33. The number of methoxy groups -OCH3 is 1. The third kappa shape index (κ3) is 3.02. The summed E-state index contributed by atoms with van der Waals surface area (Å²) in [5.41, 5.74) is 2.11. The molecule has 1 heterocycles. The molecule has 0 fully saturated rings. The summed E-state index contributed by atoms with van der Waals surface area (Å²) in [6, 6.07) is 6.01. The first kappa shape index (κ1) is 14.2. The van der Waals surface area contributed by atoms with Crippen molar-refractivity contribution >= 4 is 15.9 Å². The van der Waals surface area contributed by atoms with Gasteiger partial charge in [-0.25, -0.2) is 0 Å². The van der Waals surface area contributed by atoms with Crippen LogP contribution in [0.3, 0.4) is 0 Å². The van der Waals surface area contributed by atoms with E-state index in [0.29, 0.717) is 19.0 Å². The summed E-state index contributed by atoms with van der Waals surface area (Å²) >= 11 is 3.46. The Bertz CT molecular complexity index is 569. The van der Waals surface area contributed by atoms with E-state index in [4.69, 9.17) is 4.74 Å². The van der Waals surface area contributed by atoms with Crippen LogP contribution in [0.2, 0.25) is 0 Å². The normalized spacial score (nSPS) is 10.9. The van der Waals surface area contributed by atoms with E-state index in [1.54, 1.807) is 7.11 Å². The molecule has 19 heavy (non-hydrogen) atoms. The standard InChI is InChI=1S/C13H16BrN3O2/c1-9-3-4-10(14)7-11(9)13-16-15-12(8-18)17(13)5-6-19-2/h3-4,7,18H,5-6,8H2,1-2H3. The molecule has 0 saturated heterocycles. The van der Waals surface area contributed by atoms with Crippen LogP contribution in [-0.2, 0) is 17.9 Å². The summed E-state index contributed by atoms with van der Waals surface area (Å²) in [7, 11) is 1.65. The maximum absolute atomic E-state index is 9.33. The Morgan fingerprint density at radius 2 is 2.16 bits per heavy atom. The number of hydrogen-bond donors (Lipinski definition) is 1. The van der Waals surface area contributed by atoms with Crippen molar-refractivity contribution in [3.63, 3.8) is 0 Å². The number of halogens is 1. The Morgan fingerprint density at radius 3 is 2.84 bits per heavy atom. The zero-order chi connectivity index (χ0) is 13.8. The number of benzene rings is 1. The van der Waals surface area contributed by atoms with Crippen LogP contribution in [0.5, 0.6) is 0 Å². The lowest BCUT2D eigenvalue weighted by atomic mass is 10.1. The topological polar surface area (TPSA) is 60.2 Å². The quantitative estimate of drug-likeness (QED) is 0.915. The SMILES string of the molecule is COCCn1c(CO)nnc1-c1cc(Br)ccc1C. The first-order chi connectivity index (χ1) is 9.17. The Labute approximate surface area is 120 Å². The highest BCUT2D eigenvalue weighted by Crippen LogP contribution is 2.26. The molecule has 0 aliphatic rings. The predicted octanol–water partition coefficient (Wildman–Crippen LogP) is 2.15. The number of aromatic nitrogens is 3. The highest BCUT2D eigenvalue weighted by atomic mass is 79.9. The molecule has 2 aromatic rings. The minimum Gasteiger partial charge on any atom is -0.388 e. The molecule has 0 radical (unpaired) electrons. The molecule has 0 atom stereocenters. The van der Waals surface area contributed by atoms with E-state index in [2.05, 4.69) is 26.1 Å². The van der Waals surface area contributed by atoms with Crippen LogP contribution >= 0.6 is 15.9 Å². The molecule has 1 aromatic heterocycles. The van der Waals surface area contributed by atoms with Gasteiger partial charge in [0, 0.05) is 23.7 Å². The lowest BCUT2D eigenvalue weighted by Crippen LogP contribution is -2.10. The van der Waals surface area contributed by atoms with E-state index in [9.17, 15) is 5.11 Å². The van der Waals surface area contributed by atoms with Gasteiger partial charge in [-0.3, -0.25) is 0 Å². The van der Waals surface area contributed by atoms with Crippen LogP contribution in [-0.4, -0.2) is 33.6 Å². The summed E-state index contributed by atoms with van der Waals surface area (Å²) in [4.78, 5) is 0. The van der Waals surface area contributed by atoms with E-state index in [1.807, 2.05) is 29.7 Å². The molecule has 1 aromatic carbocycles. The fraction of sp³-hybridized carbons (Fsp3) is 0.385. The molecule has 1 N–H and O–H groups in total. The van der Waals surface area contributed by atoms with Crippen LogP contribution in [0.25, 0.3) is 11.4 Å². The number of ether oxygens (including phenoxy) is 1. The van der Waals surface area contributed by atoms with Crippen molar-refractivity contribution in [2.45, 2.75) is 20.1 Å². The van der Waals surface area contributed by atoms with Crippen LogP contribution < -0.4 is 0 Å². The molecule has 0 aliphatic heterocycles. The molecular formula is C13H16BrN3O2. The van der Waals surface area contributed by atoms with E-state index < -0.39 is 0 Å². The van der Waals surface area contributed by atoms with Gasteiger partial charge in [0.2, 0.25) is 0 Å². The van der Waals surface area contributed by atoms with Gasteiger partial charge in [0.05, 0.1) is 6.61 Å². The zero-order valence-electron chi connectivity index (χ0n) is 10.9. The van der Waals surface area contributed by atoms with Gasteiger partial charge in [-0.05, 0) is 24.6 Å². The van der Waals surface area contributed by atoms with E-state index in [1.165, 1.54) is 0 Å². The molecule has 0 saturated carbocycles. The first-order valence-corrected chi connectivity index (χ1v) is 6.75. The summed E-state index contributed by atoms with van der Waals surface area (Å²) < 4.78 is 7.97. The first-order valence-electron chi connectivity index (χ1n) is 5.95. The number of aliphatic hydroxyl groups excluding tert-OH is 1. The fourth-order valence-electron chi connectivity index (χ4n) is 1.90. The van der Waals surface area contributed by atoms with Gasteiger partial charge >= 0.3 is 0 Å². The van der Waals surface area contributed by atoms with Crippen LogP contribution in [0.1, 0.15) is 11.4 Å². The van der Waals surface area contributed by atoms with Crippen molar-refractivity contribution in [2.24, 2.45) is 0 Å². The molecule has 6 heteroatoms. The Hall–Kier alpha value is -1.24. The highest BCUT2D eigenvalue weighted by molar-refractivity contribution is 9.10. The van der Waals surface area contributed by atoms with Gasteiger partial charge < -0.3 is 14.4 Å². The molecule has 0 bridgehead atoms. The monoisotopic (exact) mass is 325 g/mol. The number of aryl methyl sites for hydroxylation is 1. The molecule has 0 unspecified atom stereocenters. The van der Waals surface area contributed by atoms with Crippen molar-refractivity contribution < 1.29 is 9.84 Å². The van der Waals surface area contributed by atoms with Crippen molar-refractivity contribution in [1.29, 1.82) is 0 Å². The number of hydrogen-bond acceptors (Lipinski definition) is 4. The summed E-state index contributed by atoms with van der Waals surface area (Å²) in [6.45, 7) is 3.05. The zero-order valence-corrected chi connectivity index (χ0v) is 12.5. The molecule has 0 amide bonds. The number of rotatable bonds is 5. The van der Waals surface area contributed by atoms with Gasteiger partial charge in [0.15, 0.2) is 11.6 Å². The summed E-state index contributed by atoms with van der Waals surface area (Å²) in [6.07, 6.45) is 0. The smallest absolute Gasteiger partial charge is 0.164 e. The lowest BCUT2D eigenvalue weighted by Gasteiger charge is -2.10. The molecule has 5 nitrogen and oxygen atoms in total. The average Bonchev–Trinajstić information content (AvgIpc) is 2.81. The second kappa shape index (κ2) is 6.27. The summed E-state index contributed by atoms with van der Waals surface area (Å²) in [5.74, 6) is 1.30. The second-order valence-electron chi connectivity index (χ2n) is 4.20. The van der Waals surface area contributed by atoms with Crippen molar-refractivity contribution in [2.75, 3.05) is 13.7 Å². The Kier molecular flexibility index (Phi) is 4.68. The fourth-order valence-corrected chi connectivity index (χ4v) is 2.27. The van der Waals surface area contributed by atoms with Crippen molar-refractivity contribution in [3.05, 3.63) is 34.1 Å². The van der Waals surface area contributed by atoms with Gasteiger partial charge in [0.1, 0.15) is 6.61 Å². The van der Waals surface area contributed by atoms with Gasteiger partial charge in [0.25, 0.3) is 0 Å². The Morgan fingerprint density at radius 1 is 1.37 bits per heavy atom. The minimum absolute atomic E-state index is 0.135. The van der Waals surface area contributed by atoms with Gasteiger partial charge in [-0.15, -0.1) is 10.2 Å². The minimum atomic E-state index is -0.135. The number of aliphatic hydroxyl groups is 1. The van der Waals surface area contributed by atoms with Crippen LogP contribution in [0.15, 0.2) is 22.7 Å². The Balaban J connectivity index is 2.49. The van der Waals surface area contributed by atoms with Crippen LogP contribution in [0, 0.1) is 6.92 Å². The average molecular weight is 326 g/mol. The lowest BCUT2D eigenvalue weighted by molar-refractivity contribution is 0.183. The molecule has 102 valence electrons. The highest BCUT2D eigenvalue weighted by Gasteiger charge is 2.15. The van der Waals surface area contributed by atoms with Gasteiger partial charge in [-0.2, -0.15) is 0 Å². The maximum Gasteiger partial charge on any atom is 0.164 e. The third-order valence-electron chi connectivity index (χ3n) is 2.93. The van der Waals surface area contributed by atoms with E-state index in [0.717, 1.165) is 21.4 Å². The molecular weight excluding hydrogens is 310 g/mol. The predicted molar refractivity (Wildman–Crippen MR) is 75.7 cm³/mol. The van der Waals surface area contributed by atoms with Crippen molar-refractivity contribution in [3.8, 4) is 11.4 Å². The number of nitrogens with zero attached hydrogens (tertiary/aromatic N) is 3. The van der Waals surface area contributed by atoms with E-state index >= 15 is 0 Å². The molecule has 0 spiro atoms. The van der Waals surface area contributed by atoms with Gasteiger partial charge in [-0.1, -0.05) is 22.0 Å². The molecule has 0 aliphatic carbocycles. The van der Waals surface area contributed by atoms with E-state index in [-0.39, 0.29) is 6.61 Å². The van der Waals surface area contributed by atoms with Crippen molar-refractivity contribution in [1.82, 2.24) is 14.8 Å². The largest absolute Gasteiger partial charge is 0.388 e. The second-order valence-corrected chi connectivity index (χ2v) is 5.12. The van der Waals surface area contributed by atoms with Crippen LogP contribution in [0.4, 0.5) is 0 Å². The summed E-state index contributed by atoms with van der Waals surface area (Å²) in [5, 5.41) is 17.5. The third-order valence-corrected chi connectivity index (χ3v) is 3.42.